The zero-order chi connectivity index (χ0) is 25.1. The van der Waals surface area contributed by atoms with E-state index in [2.05, 4.69) is 11.6 Å². The van der Waals surface area contributed by atoms with Gasteiger partial charge in [0.05, 0.1) is 39.0 Å². The van der Waals surface area contributed by atoms with Crippen LogP contribution in [0.2, 0.25) is 10.0 Å². The molecule has 0 saturated heterocycles. The fourth-order valence-corrected chi connectivity index (χ4v) is 5.54. The van der Waals surface area contributed by atoms with Gasteiger partial charge in [0, 0.05) is 0 Å². The van der Waals surface area contributed by atoms with E-state index < -0.39 is 12.0 Å². The first-order chi connectivity index (χ1) is 16.9. The quantitative estimate of drug-likeness (QED) is 0.330. The maximum atomic E-state index is 13.6. The van der Waals surface area contributed by atoms with E-state index >= 15 is 0 Å². The molecule has 0 amide bonds. The summed E-state index contributed by atoms with van der Waals surface area (Å²) >= 11 is 14.0. The van der Waals surface area contributed by atoms with E-state index in [0.29, 0.717) is 48.4 Å². The molecule has 1 aromatic heterocycles. The molecule has 0 aliphatic carbocycles. The summed E-state index contributed by atoms with van der Waals surface area (Å²) in [6, 6.07) is 12.1. The van der Waals surface area contributed by atoms with E-state index in [1.807, 2.05) is 37.3 Å². The van der Waals surface area contributed by atoms with Crippen LogP contribution < -0.4 is 19.6 Å². The first-order valence-electron chi connectivity index (χ1n) is 10.8. The minimum absolute atomic E-state index is 0.263. The van der Waals surface area contributed by atoms with Crippen molar-refractivity contribution in [3.63, 3.8) is 0 Å². The van der Waals surface area contributed by atoms with Crippen molar-refractivity contribution in [2.75, 3.05) is 13.7 Å². The van der Waals surface area contributed by atoms with Crippen molar-refractivity contribution in [1.29, 1.82) is 0 Å². The topological polar surface area (TPSA) is 69.9 Å². The Kier molecular flexibility index (Phi) is 7.60. The molecule has 1 atom stereocenters. The van der Waals surface area contributed by atoms with Crippen LogP contribution in [0.5, 0.6) is 5.75 Å². The zero-order valence-electron chi connectivity index (χ0n) is 19.1. The predicted octanol–water partition coefficient (Wildman–Crippen LogP) is 4.67. The second kappa shape index (κ2) is 10.6. The molecule has 0 saturated carbocycles. The van der Waals surface area contributed by atoms with Gasteiger partial charge in [-0.25, -0.2) is 9.79 Å². The highest BCUT2D eigenvalue weighted by Crippen LogP contribution is 2.35. The van der Waals surface area contributed by atoms with Gasteiger partial charge in [-0.05, 0) is 35.8 Å². The number of hydrogen-bond donors (Lipinski definition) is 0. The predicted molar refractivity (Wildman–Crippen MR) is 139 cm³/mol. The monoisotopic (exact) mass is 528 g/mol. The van der Waals surface area contributed by atoms with Gasteiger partial charge in [-0.3, -0.25) is 9.36 Å². The van der Waals surface area contributed by atoms with Gasteiger partial charge in [0.25, 0.3) is 5.56 Å². The highest BCUT2D eigenvalue weighted by atomic mass is 35.5. The third kappa shape index (κ3) is 4.85. The average Bonchev–Trinajstić information content (AvgIpc) is 3.16. The van der Waals surface area contributed by atoms with Crippen molar-refractivity contribution in [1.82, 2.24) is 4.57 Å². The number of nitrogens with zero attached hydrogens (tertiary/aromatic N) is 2. The third-order valence-electron chi connectivity index (χ3n) is 5.43. The molecule has 2 aromatic carbocycles. The van der Waals surface area contributed by atoms with Crippen LogP contribution in [0.15, 0.2) is 76.2 Å². The normalized spacial score (nSPS) is 15.4. The van der Waals surface area contributed by atoms with Crippen molar-refractivity contribution in [2.45, 2.75) is 19.4 Å². The summed E-state index contributed by atoms with van der Waals surface area (Å²) in [5.41, 5.74) is 2.09. The smallest absolute Gasteiger partial charge is 0.338 e. The lowest BCUT2D eigenvalue weighted by molar-refractivity contribution is -0.136. The highest BCUT2D eigenvalue weighted by Gasteiger charge is 2.33. The molecule has 1 aliphatic heterocycles. The standard InChI is InChI=1S/C26H22Cl2N2O4S/c1-4-11-34-23-17(27)12-15(13-18(23)28)14-20-24(31)30-22(16-9-7-6-8-10-16)21(25(32)33-3)19(5-2)29-26(30)35-20/h4,6-10,12-14,22H,1,5,11H2,2-3H3/b20-14-/t22-/m1/s1. The molecule has 1 aliphatic rings. The van der Waals surface area contributed by atoms with Crippen LogP contribution in [-0.4, -0.2) is 24.3 Å². The summed E-state index contributed by atoms with van der Waals surface area (Å²) in [6.07, 6.45) is 3.81. The van der Waals surface area contributed by atoms with Crippen LogP contribution in [0.1, 0.15) is 30.5 Å². The summed E-state index contributed by atoms with van der Waals surface area (Å²) in [5, 5.41) is 0.642. The third-order valence-corrected chi connectivity index (χ3v) is 6.97. The van der Waals surface area contributed by atoms with Crippen molar-refractivity contribution in [2.24, 2.45) is 4.99 Å². The number of ether oxygens (including phenoxy) is 2. The number of allylic oxidation sites excluding steroid dienone is 1. The van der Waals surface area contributed by atoms with Crippen LogP contribution in [0, 0.1) is 0 Å². The van der Waals surface area contributed by atoms with Gasteiger partial charge in [0.15, 0.2) is 10.6 Å². The van der Waals surface area contributed by atoms with Gasteiger partial charge >= 0.3 is 5.97 Å². The lowest BCUT2D eigenvalue weighted by atomic mass is 9.95. The van der Waals surface area contributed by atoms with E-state index in [0.717, 1.165) is 5.56 Å². The highest BCUT2D eigenvalue weighted by molar-refractivity contribution is 7.07. The molecule has 0 bridgehead atoms. The molecular formula is C26H22Cl2N2O4S. The molecule has 4 rings (SSSR count). The van der Waals surface area contributed by atoms with E-state index in [1.165, 1.54) is 18.4 Å². The number of rotatable bonds is 7. The van der Waals surface area contributed by atoms with Crippen LogP contribution >= 0.6 is 34.5 Å². The Balaban J connectivity index is 1.92. The second-order valence-electron chi connectivity index (χ2n) is 7.61. The van der Waals surface area contributed by atoms with Gasteiger partial charge in [0.1, 0.15) is 6.61 Å². The average molecular weight is 529 g/mol. The molecule has 0 unspecified atom stereocenters. The molecule has 0 N–H and O–H groups in total. The largest absolute Gasteiger partial charge is 0.486 e. The van der Waals surface area contributed by atoms with E-state index in [9.17, 15) is 9.59 Å². The molecular weight excluding hydrogens is 507 g/mol. The Morgan fingerprint density at radius 3 is 2.51 bits per heavy atom. The molecule has 9 heteroatoms. The maximum Gasteiger partial charge on any atom is 0.338 e. The number of carbonyl (C=O) groups excluding carboxylic acids is 1. The fraction of sp³-hybridized carbons (Fsp3) is 0.192. The summed E-state index contributed by atoms with van der Waals surface area (Å²) in [7, 11) is 1.33. The minimum Gasteiger partial charge on any atom is -0.486 e. The van der Waals surface area contributed by atoms with Crippen LogP contribution in [-0.2, 0) is 9.53 Å². The Labute approximate surface area is 216 Å². The van der Waals surface area contributed by atoms with Gasteiger partial charge in [-0.1, -0.05) is 84.4 Å². The summed E-state index contributed by atoms with van der Waals surface area (Å²) < 4.78 is 12.6. The Morgan fingerprint density at radius 2 is 1.91 bits per heavy atom. The second-order valence-corrected chi connectivity index (χ2v) is 9.44. The lowest BCUT2D eigenvalue weighted by Crippen LogP contribution is -2.40. The number of halogens is 2. The van der Waals surface area contributed by atoms with Crippen molar-refractivity contribution < 1.29 is 14.3 Å². The van der Waals surface area contributed by atoms with Crippen LogP contribution in [0.3, 0.4) is 0 Å². The first-order valence-corrected chi connectivity index (χ1v) is 12.4. The SMILES string of the molecule is C=CCOc1c(Cl)cc(/C=c2\sc3n(c2=O)[C@H](c2ccccc2)C(C(=O)OC)=C(CC)N=3)cc1Cl. The molecule has 180 valence electrons. The van der Waals surface area contributed by atoms with E-state index in [-0.39, 0.29) is 12.2 Å². The van der Waals surface area contributed by atoms with Crippen LogP contribution in [0.4, 0.5) is 0 Å². The number of aromatic nitrogens is 1. The van der Waals surface area contributed by atoms with Gasteiger partial charge in [-0.2, -0.15) is 0 Å². The number of carbonyl (C=O) groups is 1. The number of fused-ring (bicyclic) bond motifs is 1. The van der Waals surface area contributed by atoms with E-state index in [1.54, 1.807) is 28.9 Å². The van der Waals surface area contributed by atoms with Gasteiger partial charge in [-0.15, -0.1) is 0 Å². The summed E-state index contributed by atoms with van der Waals surface area (Å²) in [4.78, 5) is 31.6. The molecule has 2 heterocycles. The number of esters is 1. The summed E-state index contributed by atoms with van der Waals surface area (Å²) in [6.45, 7) is 5.79. The zero-order valence-corrected chi connectivity index (χ0v) is 21.4. The van der Waals surface area contributed by atoms with Gasteiger partial charge < -0.3 is 9.47 Å². The minimum atomic E-state index is -0.654. The Hall–Kier alpha value is -3.13. The molecule has 6 nitrogen and oxygen atoms in total. The molecule has 3 aromatic rings. The van der Waals surface area contributed by atoms with Crippen molar-refractivity contribution >= 4 is 46.6 Å². The number of hydrogen-bond acceptors (Lipinski definition) is 6. The van der Waals surface area contributed by atoms with Crippen molar-refractivity contribution in [3.05, 3.63) is 107 Å². The number of thiazole rings is 1. The lowest BCUT2D eigenvalue weighted by Gasteiger charge is -2.25. The van der Waals surface area contributed by atoms with Gasteiger partial charge in [0.2, 0.25) is 0 Å². The molecule has 0 spiro atoms. The van der Waals surface area contributed by atoms with Crippen LogP contribution in [0.25, 0.3) is 6.08 Å². The molecule has 0 radical (unpaired) electrons. The first kappa shape index (κ1) is 25.0. The summed E-state index contributed by atoms with van der Waals surface area (Å²) in [5.74, 6) is -0.159. The number of methoxy groups -OCH3 is 1. The number of benzene rings is 2. The Bertz CT molecular complexity index is 1480. The Morgan fingerprint density at radius 1 is 1.23 bits per heavy atom. The van der Waals surface area contributed by atoms with Crippen molar-refractivity contribution in [3.8, 4) is 5.75 Å². The molecule has 35 heavy (non-hydrogen) atoms. The van der Waals surface area contributed by atoms with E-state index in [4.69, 9.17) is 32.7 Å². The molecule has 0 fully saturated rings. The maximum absolute atomic E-state index is 13.6. The fourth-order valence-electron chi connectivity index (χ4n) is 3.91.